The molecule has 2 rings (SSSR count). The molecule has 0 aromatic heterocycles. The number of benzene rings is 1. The monoisotopic (exact) mass is 269 g/mol. The van der Waals surface area contributed by atoms with Crippen LogP contribution in [0.25, 0.3) is 0 Å². The third kappa shape index (κ3) is 3.31. The van der Waals surface area contributed by atoms with Crippen molar-refractivity contribution in [3.63, 3.8) is 0 Å². The Hall–Kier alpha value is -0.910. The highest BCUT2D eigenvalue weighted by Gasteiger charge is 2.27. The number of rotatable bonds is 4. The van der Waals surface area contributed by atoms with Gasteiger partial charge in [-0.1, -0.05) is 24.3 Å². The zero-order valence-corrected chi connectivity index (χ0v) is 11.2. The molecule has 1 aliphatic heterocycles. The van der Waals surface area contributed by atoms with E-state index in [9.17, 15) is 8.42 Å². The van der Waals surface area contributed by atoms with Crippen LogP contribution in [0.15, 0.2) is 24.3 Å². The lowest BCUT2D eigenvalue weighted by molar-refractivity contribution is 0.0983. The summed E-state index contributed by atoms with van der Waals surface area (Å²) in [4.78, 5) is 0. The summed E-state index contributed by atoms with van der Waals surface area (Å²) in [6.45, 7) is 1.53. The van der Waals surface area contributed by atoms with Gasteiger partial charge in [-0.25, -0.2) is 8.42 Å². The smallest absolute Gasteiger partial charge is 0.157 e. The van der Waals surface area contributed by atoms with Crippen LogP contribution in [0.4, 0.5) is 0 Å². The first-order valence-corrected chi connectivity index (χ1v) is 7.90. The molecular formula is C13H19NO3S. The molecular weight excluding hydrogens is 250 g/mol. The topological polar surface area (TPSA) is 69.4 Å². The number of hydrogen-bond acceptors (Lipinski definition) is 4. The SMILES string of the molecule is NCc1cccc(CS(=O)(=O)C2CCOCC2)c1. The van der Waals surface area contributed by atoms with Crippen LogP contribution < -0.4 is 5.73 Å². The van der Waals surface area contributed by atoms with Gasteiger partial charge in [0.2, 0.25) is 0 Å². The van der Waals surface area contributed by atoms with Gasteiger partial charge in [0, 0.05) is 19.8 Å². The summed E-state index contributed by atoms with van der Waals surface area (Å²) in [5, 5.41) is -0.257. The Morgan fingerprint density at radius 1 is 1.22 bits per heavy atom. The molecule has 0 aliphatic carbocycles. The van der Waals surface area contributed by atoms with E-state index >= 15 is 0 Å². The van der Waals surface area contributed by atoms with Gasteiger partial charge >= 0.3 is 0 Å². The number of ether oxygens (including phenoxy) is 1. The highest BCUT2D eigenvalue weighted by molar-refractivity contribution is 7.91. The van der Waals surface area contributed by atoms with Gasteiger partial charge in [-0.2, -0.15) is 0 Å². The maximum absolute atomic E-state index is 12.3. The first-order chi connectivity index (χ1) is 8.62. The van der Waals surface area contributed by atoms with Crippen LogP contribution in [-0.4, -0.2) is 26.9 Å². The van der Waals surface area contributed by atoms with E-state index in [1.54, 1.807) is 0 Å². The summed E-state index contributed by atoms with van der Waals surface area (Å²) < 4.78 is 29.7. The molecule has 5 heteroatoms. The summed E-state index contributed by atoms with van der Waals surface area (Å²) in [7, 11) is -3.08. The third-order valence-corrected chi connectivity index (χ3v) is 5.49. The molecule has 0 atom stereocenters. The van der Waals surface area contributed by atoms with Crippen molar-refractivity contribution in [1.82, 2.24) is 0 Å². The van der Waals surface area contributed by atoms with E-state index in [-0.39, 0.29) is 11.0 Å². The molecule has 2 N–H and O–H groups in total. The van der Waals surface area contributed by atoms with Crippen molar-refractivity contribution in [3.8, 4) is 0 Å². The lowest BCUT2D eigenvalue weighted by Crippen LogP contribution is -2.29. The second-order valence-corrected chi connectivity index (χ2v) is 6.92. The van der Waals surface area contributed by atoms with Gasteiger partial charge in [-0.15, -0.1) is 0 Å². The van der Waals surface area contributed by atoms with Crippen LogP contribution in [0, 0.1) is 0 Å². The van der Waals surface area contributed by atoms with Crippen molar-refractivity contribution in [2.45, 2.75) is 30.4 Å². The van der Waals surface area contributed by atoms with Crippen LogP contribution in [0.2, 0.25) is 0 Å². The Balaban J connectivity index is 2.11. The average Bonchev–Trinajstić information content (AvgIpc) is 2.39. The molecule has 1 heterocycles. The van der Waals surface area contributed by atoms with E-state index in [1.165, 1.54) is 0 Å². The molecule has 0 spiro atoms. The molecule has 100 valence electrons. The molecule has 0 radical (unpaired) electrons. The Morgan fingerprint density at radius 3 is 2.56 bits per heavy atom. The maximum atomic E-state index is 12.3. The van der Waals surface area contributed by atoms with Crippen molar-refractivity contribution < 1.29 is 13.2 Å². The van der Waals surface area contributed by atoms with E-state index in [4.69, 9.17) is 10.5 Å². The van der Waals surface area contributed by atoms with Gasteiger partial charge < -0.3 is 10.5 Å². The quantitative estimate of drug-likeness (QED) is 0.893. The maximum Gasteiger partial charge on any atom is 0.157 e. The van der Waals surface area contributed by atoms with E-state index in [0.717, 1.165) is 11.1 Å². The molecule has 1 aromatic rings. The highest BCUT2D eigenvalue weighted by Crippen LogP contribution is 2.20. The minimum atomic E-state index is -3.08. The first kappa shape index (κ1) is 13.5. The molecule has 0 unspecified atom stereocenters. The Kier molecular flexibility index (Phi) is 4.37. The lowest BCUT2D eigenvalue weighted by atomic mass is 10.1. The molecule has 1 aromatic carbocycles. The molecule has 1 saturated heterocycles. The molecule has 1 fully saturated rings. The number of sulfone groups is 1. The molecule has 0 amide bonds. The van der Waals surface area contributed by atoms with E-state index < -0.39 is 9.84 Å². The molecule has 1 aliphatic rings. The van der Waals surface area contributed by atoms with Crippen molar-refractivity contribution in [2.75, 3.05) is 13.2 Å². The Bertz CT molecular complexity index is 493. The average molecular weight is 269 g/mol. The van der Waals surface area contributed by atoms with Crippen molar-refractivity contribution in [1.29, 1.82) is 0 Å². The van der Waals surface area contributed by atoms with Crippen molar-refractivity contribution in [2.24, 2.45) is 5.73 Å². The standard InChI is InChI=1S/C13H19NO3S/c14-9-11-2-1-3-12(8-11)10-18(15,16)13-4-6-17-7-5-13/h1-3,8,13H,4-7,9-10,14H2. The molecule has 0 saturated carbocycles. The largest absolute Gasteiger partial charge is 0.381 e. The summed E-state index contributed by atoms with van der Waals surface area (Å²) in [5.41, 5.74) is 7.35. The van der Waals surface area contributed by atoms with Gasteiger partial charge in [-0.3, -0.25) is 0 Å². The molecule has 0 bridgehead atoms. The summed E-state index contributed by atoms with van der Waals surface area (Å²) in [5.74, 6) is 0.103. The van der Waals surface area contributed by atoms with Crippen molar-refractivity contribution in [3.05, 3.63) is 35.4 Å². The number of hydrogen-bond donors (Lipinski definition) is 1. The van der Waals surface area contributed by atoms with E-state index in [2.05, 4.69) is 0 Å². The van der Waals surface area contributed by atoms with Crippen LogP contribution in [-0.2, 0) is 26.9 Å². The predicted molar refractivity (Wildman–Crippen MR) is 70.8 cm³/mol. The van der Waals surface area contributed by atoms with Gasteiger partial charge in [0.25, 0.3) is 0 Å². The van der Waals surface area contributed by atoms with Crippen LogP contribution in [0.1, 0.15) is 24.0 Å². The Labute approximate surface area is 108 Å². The zero-order chi connectivity index (χ0) is 13.0. The van der Waals surface area contributed by atoms with Crippen molar-refractivity contribution >= 4 is 9.84 Å². The second kappa shape index (κ2) is 5.82. The van der Waals surface area contributed by atoms with E-state index in [1.807, 2.05) is 24.3 Å². The summed E-state index contributed by atoms with van der Waals surface area (Å²) >= 11 is 0. The fourth-order valence-corrected chi connectivity index (χ4v) is 4.02. The molecule has 18 heavy (non-hydrogen) atoms. The van der Waals surface area contributed by atoms with Gasteiger partial charge in [-0.05, 0) is 24.0 Å². The minimum absolute atomic E-state index is 0.103. The molecule has 4 nitrogen and oxygen atoms in total. The van der Waals surface area contributed by atoms with E-state index in [0.29, 0.717) is 32.6 Å². The predicted octanol–water partition coefficient (Wildman–Crippen LogP) is 1.24. The summed E-state index contributed by atoms with van der Waals surface area (Å²) in [6.07, 6.45) is 1.22. The fraction of sp³-hybridized carbons (Fsp3) is 0.538. The lowest BCUT2D eigenvalue weighted by Gasteiger charge is -2.22. The van der Waals surface area contributed by atoms with Crippen LogP contribution in [0.3, 0.4) is 0 Å². The van der Waals surface area contributed by atoms with Gasteiger partial charge in [0.1, 0.15) is 0 Å². The van der Waals surface area contributed by atoms with Crippen LogP contribution >= 0.6 is 0 Å². The normalized spacial score (nSPS) is 17.8. The fourth-order valence-electron chi connectivity index (χ4n) is 2.23. The van der Waals surface area contributed by atoms with Gasteiger partial charge in [0.15, 0.2) is 9.84 Å². The third-order valence-electron chi connectivity index (χ3n) is 3.27. The Morgan fingerprint density at radius 2 is 1.89 bits per heavy atom. The summed E-state index contributed by atoms with van der Waals surface area (Å²) in [6, 6.07) is 7.48. The number of nitrogens with two attached hydrogens (primary N) is 1. The van der Waals surface area contributed by atoms with Gasteiger partial charge in [0.05, 0.1) is 11.0 Å². The highest BCUT2D eigenvalue weighted by atomic mass is 32.2. The first-order valence-electron chi connectivity index (χ1n) is 6.19. The minimum Gasteiger partial charge on any atom is -0.381 e. The zero-order valence-electron chi connectivity index (χ0n) is 10.3. The van der Waals surface area contributed by atoms with Crippen LogP contribution in [0.5, 0.6) is 0 Å². The second-order valence-electron chi connectivity index (χ2n) is 4.64.